The highest BCUT2D eigenvalue weighted by Gasteiger charge is 2.21. The predicted molar refractivity (Wildman–Crippen MR) is 115 cm³/mol. The van der Waals surface area contributed by atoms with Crippen molar-refractivity contribution >= 4 is 11.6 Å². The summed E-state index contributed by atoms with van der Waals surface area (Å²) in [5.41, 5.74) is 4.05. The topological polar surface area (TPSA) is 54.9 Å². The number of fused-ring (bicyclic) bond motifs is 1. The Morgan fingerprint density at radius 1 is 1.07 bits per heavy atom. The highest BCUT2D eigenvalue weighted by atomic mass is 16.5. The lowest BCUT2D eigenvalue weighted by atomic mass is 9.98. The van der Waals surface area contributed by atoms with E-state index >= 15 is 0 Å². The standard InChI is InChI=1S/C23H31N3O3/c1-5-10-25(11-6-2)23(27)20-8-7-19(15-24-20)26-12-9-17-13-21(28-3)22(29-4)14-18(17)16-26/h7-8,13-15H,5-6,9-12,16H2,1-4H3. The molecular weight excluding hydrogens is 366 g/mol. The average molecular weight is 398 g/mol. The molecule has 3 rings (SSSR count). The van der Waals surface area contributed by atoms with Crippen LogP contribution in [0.25, 0.3) is 0 Å². The molecule has 1 aliphatic heterocycles. The van der Waals surface area contributed by atoms with Crippen molar-refractivity contribution in [3.8, 4) is 11.5 Å². The van der Waals surface area contributed by atoms with Crippen LogP contribution in [0.3, 0.4) is 0 Å². The first-order valence-corrected chi connectivity index (χ1v) is 10.3. The summed E-state index contributed by atoms with van der Waals surface area (Å²) in [5.74, 6) is 1.54. The van der Waals surface area contributed by atoms with Gasteiger partial charge in [-0.3, -0.25) is 4.79 Å². The van der Waals surface area contributed by atoms with Crippen LogP contribution in [-0.2, 0) is 13.0 Å². The van der Waals surface area contributed by atoms with E-state index in [9.17, 15) is 4.79 Å². The lowest BCUT2D eigenvalue weighted by molar-refractivity contribution is 0.0749. The first-order chi connectivity index (χ1) is 14.1. The molecule has 1 aromatic heterocycles. The molecule has 6 heteroatoms. The van der Waals surface area contributed by atoms with Gasteiger partial charge >= 0.3 is 0 Å². The van der Waals surface area contributed by atoms with Gasteiger partial charge in [-0.1, -0.05) is 13.8 Å². The van der Waals surface area contributed by atoms with E-state index in [0.29, 0.717) is 5.69 Å². The second-order valence-corrected chi connectivity index (χ2v) is 7.34. The van der Waals surface area contributed by atoms with Gasteiger partial charge in [0.15, 0.2) is 11.5 Å². The van der Waals surface area contributed by atoms with Crippen LogP contribution in [0.4, 0.5) is 5.69 Å². The first-order valence-electron chi connectivity index (χ1n) is 10.3. The zero-order chi connectivity index (χ0) is 20.8. The third-order valence-corrected chi connectivity index (χ3v) is 5.32. The van der Waals surface area contributed by atoms with Crippen molar-refractivity contribution in [2.24, 2.45) is 0 Å². The van der Waals surface area contributed by atoms with Gasteiger partial charge in [-0.2, -0.15) is 0 Å². The zero-order valence-electron chi connectivity index (χ0n) is 17.9. The fourth-order valence-corrected chi connectivity index (χ4v) is 3.82. The predicted octanol–water partition coefficient (Wildman–Crippen LogP) is 3.92. The Bertz CT molecular complexity index is 830. The third kappa shape index (κ3) is 4.63. The molecule has 0 atom stereocenters. The minimum Gasteiger partial charge on any atom is -0.493 e. The number of hydrogen-bond donors (Lipinski definition) is 0. The van der Waals surface area contributed by atoms with E-state index in [4.69, 9.17) is 9.47 Å². The number of carbonyl (C=O) groups excluding carboxylic acids is 1. The van der Waals surface area contributed by atoms with E-state index in [0.717, 1.165) is 62.6 Å². The summed E-state index contributed by atoms with van der Waals surface area (Å²) < 4.78 is 10.9. The smallest absolute Gasteiger partial charge is 0.272 e. The monoisotopic (exact) mass is 397 g/mol. The maximum absolute atomic E-state index is 12.7. The highest BCUT2D eigenvalue weighted by Crippen LogP contribution is 2.34. The molecule has 2 aromatic rings. The van der Waals surface area contributed by atoms with Crippen LogP contribution in [-0.4, -0.2) is 49.6 Å². The summed E-state index contributed by atoms with van der Waals surface area (Å²) >= 11 is 0. The van der Waals surface area contributed by atoms with Gasteiger partial charge in [0.05, 0.1) is 26.1 Å². The van der Waals surface area contributed by atoms with Crippen LogP contribution in [0.15, 0.2) is 30.5 Å². The third-order valence-electron chi connectivity index (χ3n) is 5.32. The quantitative estimate of drug-likeness (QED) is 0.676. The number of ether oxygens (including phenoxy) is 2. The van der Waals surface area contributed by atoms with E-state index in [1.54, 1.807) is 14.2 Å². The van der Waals surface area contributed by atoms with Gasteiger partial charge in [0.1, 0.15) is 5.69 Å². The Labute approximate surface area is 173 Å². The van der Waals surface area contributed by atoms with Crippen LogP contribution < -0.4 is 14.4 Å². The molecular formula is C23H31N3O3. The van der Waals surface area contributed by atoms with E-state index in [2.05, 4.69) is 35.9 Å². The molecule has 1 amide bonds. The maximum atomic E-state index is 12.7. The molecule has 2 heterocycles. The molecule has 0 aliphatic carbocycles. The molecule has 0 spiro atoms. The van der Waals surface area contributed by atoms with Gasteiger partial charge in [0.2, 0.25) is 0 Å². The van der Waals surface area contributed by atoms with Crippen LogP contribution in [0, 0.1) is 0 Å². The summed E-state index contributed by atoms with van der Waals surface area (Å²) in [6.07, 6.45) is 4.64. The summed E-state index contributed by atoms with van der Waals surface area (Å²) in [7, 11) is 3.32. The number of methoxy groups -OCH3 is 2. The van der Waals surface area contributed by atoms with Crippen molar-refractivity contribution in [2.45, 2.75) is 39.7 Å². The summed E-state index contributed by atoms with van der Waals surface area (Å²) in [6, 6.07) is 7.97. The van der Waals surface area contributed by atoms with Crippen molar-refractivity contribution in [3.05, 3.63) is 47.3 Å². The Morgan fingerprint density at radius 3 is 2.28 bits per heavy atom. The highest BCUT2D eigenvalue weighted by molar-refractivity contribution is 5.92. The van der Waals surface area contributed by atoms with Crippen LogP contribution >= 0.6 is 0 Å². The van der Waals surface area contributed by atoms with Crippen molar-refractivity contribution < 1.29 is 14.3 Å². The van der Waals surface area contributed by atoms with Crippen molar-refractivity contribution in [3.63, 3.8) is 0 Å². The van der Waals surface area contributed by atoms with E-state index < -0.39 is 0 Å². The van der Waals surface area contributed by atoms with Crippen molar-refractivity contribution in [1.29, 1.82) is 0 Å². The van der Waals surface area contributed by atoms with Gasteiger partial charge in [0, 0.05) is 26.2 Å². The Balaban J connectivity index is 1.75. The van der Waals surface area contributed by atoms with Gasteiger partial charge < -0.3 is 19.3 Å². The summed E-state index contributed by atoms with van der Waals surface area (Å²) in [6.45, 7) is 7.39. The van der Waals surface area contributed by atoms with Crippen molar-refractivity contribution in [1.82, 2.24) is 9.88 Å². The molecule has 1 aliphatic rings. The molecule has 156 valence electrons. The Morgan fingerprint density at radius 2 is 1.72 bits per heavy atom. The largest absolute Gasteiger partial charge is 0.493 e. The maximum Gasteiger partial charge on any atom is 0.272 e. The first kappa shape index (κ1) is 21.0. The second-order valence-electron chi connectivity index (χ2n) is 7.34. The molecule has 0 radical (unpaired) electrons. The molecule has 0 saturated heterocycles. The summed E-state index contributed by atoms with van der Waals surface area (Å²) in [5, 5.41) is 0. The lowest BCUT2D eigenvalue weighted by Gasteiger charge is -2.31. The van der Waals surface area contributed by atoms with Crippen LogP contribution in [0.1, 0.15) is 48.3 Å². The van der Waals surface area contributed by atoms with Gasteiger partial charge in [-0.25, -0.2) is 4.98 Å². The number of aromatic nitrogens is 1. The fraction of sp³-hybridized carbons (Fsp3) is 0.478. The number of rotatable bonds is 8. The van der Waals surface area contributed by atoms with Crippen LogP contribution in [0.5, 0.6) is 11.5 Å². The van der Waals surface area contributed by atoms with E-state index in [-0.39, 0.29) is 5.91 Å². The van der Waals surface area contributed by atoms with Crippen LogP contribution in [0.2, 0.25) is 0 Å². The number of pyridine rings is 1. The van der Waals surface area contributed by atoms with Crippen molar-refractivity contribution in [2.75, 3.05) is 38.8 Å². The normalized spacial score (nSPS) is 13.0. The molecule has 0 unspecified atom stereocenters. The molecule has 0 fully saturated rings. The SMILES string of the molecule is CCCN(CCC)C(=O)c1ccc(N2CCc3cc(OC)c(OC)cc3C2)cn1. The number of hydrogen-bond acceptors (Lipinski definition) is 5. The van der Waals surface area contributed by atoms with Gasteiger partial charge in [0.25, 0.3) is 5.91 Å². The fourth-order valence-electron chi connectivity index (χ4n) is 3.82. The average Bonchev–Trinajstić information content (AvgIpc) is 2.77. The number of amides is 1. The molecule has 0 bridgehead atoms. The Kier molecular flexibility index (Phi) is 6.96. The zero-order valence-corrected chi connectivity index (χ0v) is 17.9. The molecule has 6 nitrogen and oxygen atoms in total. The van der Waals surface area contributed by atoms with E-state index in [1.807, 2.05) is 23.2 Å². The summed E-state index contributed by atoms with van der Waals surface area (Å²) in [4.78, 5) is 21.4. The van der Waals surface area contributed by atoms with E-state index in [1.165, 1.54) is 11.1 Å². The second kappa shape index (κ2) is 9.63. The molecule has 0 saturated carbocycles. The minimum absolute atomic E-state index is 0.0149. The molecule has 0 N–H and O–H groups in total. The Hall–Kier alpha value is -2.76. The minimum atomic E-state index is 0.0149. The van der Waals surface area contributed by atoms with Gasteiger partial charge in [-0.15, -0.1) is 0 Å². The molecule has 29 heavy (non-hydrogen) atoms. The number of nitrogens with zero attached hydrogens (tertiary/aromatic N) is 3. The lowest BCUT2D eigenvalue weighted by Crippen LogP contribution is -2.33. The molecule has 1 aromatic carbocycles. The number of carbonyl (C=O) groups is 1. The number of anilines is 1. The number of benzene rings is 1. The van der Waals surface area contributed by atoms with Gasteiger partial charge in [-0.05, 0) is 54.7 Å².